The number of hydrogen-bond acceptors (Lipinski definition) is 3. The van der Waals surface area contributed by atoms with Crippen molar-refractivity contribution in [3.05, 3.63) is 54.1 Å². The minimum atomic E-state index is -0.292. The average Bonchev–Trinajstić information content (AvgIpc) is 3.17. The van der Waals surface area contributed by atoms with E-state index in [1.165, 1.54) is 18.5 Å². The van der Waals surface area contributed by atoms with E-state index in [1.807, 2.05) is 62.4 Å². The van der Waals surface area contributed by atoms with Gasteiger partial charge < -0.3 is 15.1 Å². The standard InChI is InChI=1S/C22H27N3O2/c1-3-25(20-8-6-7-17(2)15-20)22(27)16-21(26)23-18-9-11-19(12-10-18)24-13-4-5-14-24/h6-12,15H,3-5,13-14,16H2,1-2H3,(H,23,26). The van der Waals surface area contributed by atoms with Crippen molar-refractivity contribution in [2.45, 2.75) is 33.1 Å². The molecule has 2 aromatic rings. The highest BCUT2D eigenvalue weighted by atomic mass is 16.2. The topological polar surface area (TPSA) is 52.7 Å². The molecular weight excluding hydrogens is 338 g/mol. The molecule has 142 valence electrons. The number of benzene rings is 2. The van der Waals surface area contributed by atoms with Crippen molar-refractivity contribution < 1.29 is 9.59 Å². The average molecular weight is 365 g/mol. The smallest absolute Gasteiger partial charge is 0.236 e. The van der Waals surface area contributed by atoms with E-state index < -0.39 is 0 Å². The zero-order valence-electron chi connectivity index (χ0n) is 16.1. The number of aryl methyl sites for hydroxylation is 1. The van der Waals surface area contributed by atoms with E-state index in [9.17, 15) is 9.59 Å². The summed E-state index contributed by atoms with van der Waals surface area (Å²) in [5.41, 5.74) is 3.80. The van der Waals surface area contributed by atoms with Gasteiger partial charge in [-0.25, -0.2) is 0 Å². The first kappa shape index (κ1) is 19.0. The molecule has 27 heavy (non-hydrogen) atoms. The number of amides is 2. The van der Waals surface area contributed by atoms with Gasteiger partial charge in [0.05, 0.1) is 0 Å². The Balaban J connectivity index is 1.58. The van der Waals surface area contributed by atoms with Gasteiger partial charge in [-0.2, -0.15) is 0 Å². The molecule has 0 atom stereocenters. The number of carbonyl (C=O) groups is 2. The summed E-state index contributed by atoms with van der Waals surface area (Å²) in [5.74, 6) is -0.491. The molecule has 3 rings (SSSR count). The van der Waals surface area contributed by atoms with Gasteiger partial charge in [-0.15, -0.1) is 0 Å². The van der Waals surface area contributed by atoms with E-state index in [1.54, 1.807) is 4.90 Å². The van der Waals surface area contributed by atoms with Gasteiger partial charge in [0.15, 0.2) is 0 Å². The fraction of sp³-hybridized carbons (Fsp3) is 0.364. The molecule has 1 N–H and O–H groups in total. The number of nitrogens with one attached hydrogen (secondary N) is 1. The lowest BCUT2D eigenvalue weighted by Crippen LogP contribution is -2.33. The Hall–Kier alpha value is -2.82. The maximum Gasteiger partial charge on any atom is 0.236 e. The molecule has 0 radical (unpaired) electrons. The molecule has 1 fully saturated rings. The van der Waals surface area contributed by atoms with Crippen LogP contribution in [0.5, 0.6) is 0 Å². The minimum Gasteiger partial charge on any atom is -0.372 e. The Morgan fingerprint density at radius 1 is 1.07 bits per heavy atom. The fourth-order valence-electron chi connectivity index (χ4n) is 3.47. The van der Waals surface area contributed by atoms with Gasteiger partial charge in [-0.3, -0.25) is 9.59 Å². The molecule has 1 heterocycles. The van der Waals surface area contributed by atoms with Crippen molar-refractivity contribution in [3.8, 4) is 0 Å². The summed E-state index contributed by atoms with van der Waals surface area (Å²) in [4.78, 5) is 28.9. The van der Waals surface area contributed by atoms with Gasteiger partial charge in [0.1, 0.15) is 6.42 Å². The number of nitrogens with zero attached hydrogens (tertiary/aromatic N) is 2. The molecular formula is C22H27N3O2. The van der Waals surface area contributed by atoms with Crippen LogP contribution in [0.2, 0.25) is 0 Å². The van der Waals surface area contributed by atoms with Gasteiger partial charge >= 0.3 is 0 Å². The molecule has 1 saturated heterocycles. The van der Waals surface area contributed by atoms with Crippen molar-refractivity contribution in [2.75, 3.05) is 34.8 Å². The Bertz CT molecular complexity index is 795. The summed E-state index contributed by atoms with van der Waals surface area (Å²) in [6, 6.07) is 15.6. The van der Waals surface area contributed by atoms with Gasteiger partial charge in [0.25, 0.3) is 0 Å². The molecule has 1 aliphatic rings. The van der Waals surface area contributed by atoms with Crippen LogP contribution in [0.25, 0.3) is 0 Å². The second-order valence-corrected chi connectivity index (χ2v) is 6.94. The van der Waals surface area contributed by atoms with Crippen molar-refractivity contribution in [1.29, 1.82) is 0 Å². The van der Waals surface area contributed by atoms with Crippen LogP contribution in [0.1, 0.15) is 31.7 Å². The van der Waals surface area contributed by atoms with Crippen LogP contribution in [0, 0.1) is 6.92 Å². The molecule has 0 unspecified atom stereocenters. The van der Waals surface area contributed by atoms with Gasteiger partial charge in [-0.1, -0.05) is 12.1 Å². The molecule has 5 nitrogen and oxygen atoms in total. The summed E-state index contributed by atoms with van der Waals surface area (Å²) in [6.45, 7) is 6.60. The lowest BCUT2D eigenvalue weighted by molar-refractivity contribution is -0.125. The Labute approximate surface area is 161 Å². The summed E-state index contributed by atoms with van der Waals surface area (Å²) in [7, 11) is 0. The van der Waals surface area contributed by atoms with Gasteiger partial charge in [0, 0.05) is 36.7 Å². The monoisotopic (exact) mass is 365 g/mol. The molecule has 2 amide bonds. The summed E-state index contributed by atoms with van der Waals surface area (Å²) >= 11 is 0. The Morgan fingerprint density at radius 2 is 1.78 bits per heavy atom. The SMILES string of the molecule is CCN(C(=O)CC(=O)Nc1ccc(N2CCCC2)cc1)c1cccc(C)c1. The van der Waals surface area contributed by atoms with Crippen LogP contribution in [0.15, 0.2) is 48.5 Å². The first-order valence-electron chi connectivity index (χ1n) is 9.58. The van der Waals surface area contributed by atoms with Crippen molar-refractivity contribution in [3.63, 3.8) is 0 Å². The highest BCUT2D eigenvalue weighted by Crippen LogP contribution is 2.22. The molecule has 0 saturated carbocycles. The van der Waals surface area contributed by atoms with E-state index >= 15 is 0 Å². The zero-order valence-corrected chi connectivity index (χ0v) is 16.1. The van der Waals surface area contributed by atoms with E-state index in [0.717, 1.165) is 24.3 Å². The van der Waals surface area contributed by atoms with Crippen LogP contribution >= 0.6 is 0 Å². The Morgan fingerprint density at radius 3 is 2.41 bits per heavy atom. The lowest BCUT2D eigenvalue weighted by atomic mass is 10.2. The summed E-state index contributed by atoms with van der Waals surface area (Å²) in [5, 5.41) is 2.83. The molecule has 0 aliphatic carbocycles. The van der Waals surface area contributed by atoms with Crippen molar-refractivity contribution >= 4 is 28.9 Å². The molecule has 0 aromatic heterocycles. The normalized spacial score (nSPS) is 13.5. The van der Waals surface area contributed by atoms with Gasteiger partial charge in [-0.05, 0) is 68.7 Å². The highest BCUT2D eigenvalue weighted by Gasteiger charge is 2.18. The third kappa shape index (κ3) is 4.88. The maximum atomic E-state index is 12.6. The first-order valence-corrected chi connectivity index (χ1v) is 9.58. The highest BCUT2D eigenvalue weighted by molar-refractivity contribution is 6.09. The molecule has 0 spiro atoms. The number of rotatable bonds is 6. The molecule has 5 heteroatoms. The Kier molecular flexibility index (Phi) is 6.12. The van der Waals surface area contributed by atoms with Crippen LogP contribution in [-0.2, 0) is 9.59 Å². The number of anilines is 3. The third-order valence-electron chi connectivity index (χ3n) is 4.86. The summed E-state index contributed by atoms with van der Waals surface area (Å²) in [6.07, 6.45) is 2.29. The quantitative estimate of drug-likeness (QED) is 0.788. The van der Waals surface area contributed by atoms with E-state index in [4.69, 9.17) is 0 Å². The fourth-order valence-corrected chi connectivity index (χ4v) is 3.47. The zero-order chi connectivity index (χ0) is 19.2. The maximum absolute atomic E-state index is 12.6. The minimum absolute atomic E-state index is 0.171. The molecule has 1 aliphatic heterocycles. The van der Waals surface area contributed by atoms with Crippen LogP contribution in [-0.4, -0.2) is 31.4 Å². The third-order valence-corrected chi connectivity index (χ3v) is 4.86. The number of hydrogen-bond donors (Lipinski definition) is 1. The summed E-state index contributed by atoms with van der Waals surface area (Å²) < 4.78 is 0. The molecule has 2 aromatic carbocycles. The predicted molar refractivity (Wildman–Crippen MR) is 110 cm³/mol. The van der Waals surface area contributed by atoms with Crippen LogP contribution in [0.3, 0.4) is 0 Å². The van der Waals surface area contributed by atoms with Gasteiger partial charge in [0.2, 0.25) is 11.8 Å². The van der Waals surface area contributed by atoms with Crippen LogP contribution in [0.4, 0.5) is 17.1 Å². The predicted octanol–water partition coefficient (Wildman–Crippen LogP) is 3.98. The molecule has 0 bridgehead atoms. The van der Waals surface area contributed by atoms with Crippen molar-refractivity contribution in [1.82, 2.24) is 0 Å². The largest absolute Gasteiger partial charge is 0.372 e. The van der Waals surface area contributed by atoms with E-state index in [-0.39, 0.29) is 18.2 Å². The second kappa shape index (κ2) is 8.71. The van der Waals surface area contributed by atoms with Crippen molar-refractivity contribution in [2.24, 2.45) is 0 Å². The van der Waals surface area contributed by atoms with E-state index in [0.29, 0.717) is 12.2 Å². The van der Waals surface area contributed by atoms with E-state index in [2.05, 4.69) is 10.2 Å². The number of carbonyl (C=O) groups excluding carboxylic acids is 2. The first-order chi connectivity index (χ1) is 13.1. The lowest BCUT2D eigenvalue weighted by Gasteiger charge is -2.21. The van der Waals surface area contributed by atoms with Crippen LogP contribution < -0.4 is 15.1 Å². The second-order valence-electron chi connectivity index (χ2n) is 6.94.